The highest BCUT2D eigenvalue weighted by molar-refractivity contribution is 5.78. The van der Waals surface area contributed by atoms with Crippen LogP contribution in [0.25, 0.3) is 0 Å². The molecule has 0 radical (unpaired) electrons. The van der Waals surface area contributed by atoms with Crippen LogP contribution < -0.4 is 10.2 Å². The normalized spacial score (nSPS) is 24.6. The molecule has 2 atom stereocenters. The predicted octanol–water partition coefficient (Wildman–Crippen LogP) is 0.666. The molecule has 1 amide bonds. The Labute approximate surface area is 155 Å². The number of amides is 1. The number of carbonyl (C=O) groups excluding carboxylic acids is 1. The summed E-state index contributed by atoms with van der Waals surface area (Å²) >= 11 is 0. The van der Waals surface area contributed by atoms with E-state index in [4.69, 9.17) is 4.74 Å². The highest BCUT2D eigenvalue weighted by atomic mass is 16.5. The van der Waals surface area contributed by atoms with Gasteiger partial charge in [0.2, 0.25) is 11.9 Å². The van der Waals surface area contributed by atoms with Gasteiger partial charge in [-0.3, -0.25) is 9.69 Å². The highest BCUT2D eigenvalue weighted by Gasteiger charge is 2.28. The maximum absolute atomic E-state index is 12.6. The number of morpholine rings is 1. The molecule has 0 aromatic carbocycles. The van der Waals surface area contributed by atoms with Crippen molar-refractivity contribution in [1.29, 1.82) is 0 Å². The van der Waals surface area contributed by atoms with Crippen LogP contribution in [0.15, 0.2) is 12.3 Å². The van der Waals surface area contributed by atoms with Gasteiger partial charge in [0.15, 0.2) is 0 Å². The molecule has 0 spiro atoms. The number of hydrogen-bond acceptors (Lipinski definition) is 7. The molecule has 3 heterocycles. The third kappa shape index (κ3) is 4.82. The topological polar surface area (TPSA) is 73.8 Å². The molecular formula is C18H30N6O2. The summed E-state index contributed by atoms with van der Waals surface area (Å²) in [7, 11) is 0. The van der Waals surface area contributed by atoms with E-state index < -0.39 is 0 Å². The zero-order valence-corrected chi connectivity index (χ0v) is 16.0. The van der Waals surface area contributed by atoms with Crippen molar-refractivity contribution in [2.45, 2.75) is 33.0 Å². The second-order valence-corrected chi connectivity index (χ2v) is 7.09. The van der Waals surface area contributed by atoms with Crippen molar-refractivity contribution in [1.82, 2.24) is 19.8 Å². The maximum Gasteiger partial charge on any atom is 0.236 e. The van der Waals surface area contributed by atoms with Gasteiger partial charge < -0.3 is 19.9 Å². The van der Waals surface area contributed by atoms with Gasteiger partial charge in [-0.1, -0.05) is 0 Å². The summed E-state index contributed by atoms with van der Waals surface area (Å²) in [6.45, 7) is 12.2. The SMILES string of the molecule is CCNc1nccc(N2CCN(CC(=O)N3CC(C)OC(C)C3)CC2)n1. The van der Waals surface area contributed by atoms with Gasteiger partial charge in [-0.05, 0) is 26.8 Å². The molecule has 8 heteroatoms. The Hall–Kier alpha value is -1.93. The molecule has 3 rings (SSSR count). The fourth-order valence-corrected chi connectivity index (χ4v) is 3.58. The minimum Gasteiger partial charge on any atom is -0.372 e. The summed E-state index contributed by atoms with van der Waals surface area (Å²) in [5.74, 6) is 1.81. The summed E-state index contributed by atoms with van der Waals surface area (Å²) in [6, 6.07) is 1.94. The Morgan fingerprint density at radius 3 is 2.58 bits per heavy atom. The van der Waals surface area contributed by atoms with Crippen LogP contribution >= 0.6 is 0 Å². The molecule has 2 aliphatic rings. The third-order valence-corrected chi connectivity index (χ3v) is 4.80. The molecule has 0 bridgehead atoms. The molecule has 1 aromatic heterocycles. The smallest absolute Gasteiger partial charge is 0.236 e. The first-order chi connectivity index (χ1) is 12.5. The van der Waals surface area contributed by atoms with Gasteiger partial charge in [-0.25, -0.2) is 4.98 Å². The van der Waals surface area contributed by atoms with Crippen molar-refractivity contribution >= 4 is 17.7 Å². The van der Waals surface area contributed by atoms with E-state index in [0.29, 0.717) is 25.6 Å². The quantitative estimate of drug-likeness (QED) is 0.825. The number of nitrogens with one attached hydrogen (secondary N) is 1. The molecule has 8 nitrogen and oxygen atoms in total. The minimum atomic E-state index is 0.114. The second-order valence-electron chi connectivity index (χ2n) is 7.09. The van der Waals surface area contributed by atoms with Crippen molar-refractivity contribution in [2.24, 2.45) is 0 Å². The molecule has 2 saturated heterocycles. The lowest BCUT2D eigenvalue weighted by Gasteiger charge is -2.38. The summed E-state index contributed by atoms with van der Waals surface area (Å²) < 4.78 is 5.72. The lowest BCUT2D eigenvalue weighted by molar-refractivity contribution is -0.144. The van der Waals surface area contributed by atoms with E-state index in [1.807, 2.05) is 31.7 Å². The monoisotopic (exact) mass is 362 g/mol. The van der Waals surface area contributed by atoms with E-state index in [2.05, 4.69) is 25.1 Å². The van der Waals surface area contributed by atoms with E-state index in [9.17, 15) is 4.79 Å². The van der Waals surface area contributed by atoms with Crippen molar-refractivity contribution in [2.75, 3.05) is 62.6 Å². The van der Waals surface area contributed by atoms with Crippen LogP contribution in [-0.4, -0.2) is 90.2 Å². The average molecular weight is 362 g/mol. The Bertz CT molecular complexity index is 595. The minimum absolute atomic E-state index is 0.114. The molecule has 0 aliphatic carbocycles. The molecule has 1 aromatic rings. The van der Waals surface area contributed by atoms with Crippen molar-refractivity contribution in [3.8, 4) is 0 Å². The first kappa shape index (κ1) is 18.8. The number of rotatable bonds is 5. The Morgan fingerprint density at radius 2 is 1.92 bits per heavy atom. The predicted molar refractivity (Wildman–Crippen MR) is 101 cm³/mol. The van der Waals surface area contributed by atoms with E-state index in [-0.39, 0.29) is 18.1 Å². The number of aromatic nitrogens is 2. The molecule has 26 heavy (non-hydrogen) atoms. The molecule has 2 unspecified atom stereocenters. The summed E-state index contributed by atoms with van der Waals surface area (Å²) in [6.07, 6.45) is 2.02. The third-order valence-electron chi connectivity index (χ3n) is 4.80. The second kappa shape index (κ2) is 8.64. The molecule has 2 fully saturated rings. The number of ether oxygens (including phenoxy) is 1. The van der Waals surface area contributed by atoms with Crippen LogP contribution in [0.4, 0.5) is 11.8 Å². The standard InChI is InChI=1S/C18H30N6O2/c1-4-19-18-20-6-5-16(21-18)23-9-7-22(8-10-23)13-17(25)24-11-14(2)26-15(3)12-24/h5-6,14-15H,4,7-13H2,1-3H3,(H,19,20,21). The summed E-state index contributed by atoms with van der Waals surface area (Å²) in [5, 5.41) is 3.15. The van der Waals surface area contributed by atoms with Gasteiger partial charge >= 0.3 is 0 Å². The van der Waals surface area contributed by atoms with Gasteiger partial charge in [0.1, 0.15) is 5.82 Å². The van der Waals surface area contributed by atoms with Crippen molar-refractivity contribution in [3.05, 3.63) is 12.3 Å². The Balaban J connectivity index is 1.49. The maximum atomic E-state index is 12.6. The van der Waals surface area contributed by atoms with Crippen LogP contribution in [-0.2, 0) is 9.53 Å². The van der Waals surface area contributed by atoms with Crippen molar-refractivity contribution < 1.29 is 9.53 Å². The van der Waals surface area contributed by atoms with Crippen LogP contribution in [0.1, 0.15) is 20.8 Å². The van der Waals surface area contributed by atoms with Crippen molar-refractivity contribution in [3.63, 3.8) is 0 Å². The van der Waals surface area contributed by atoms with Crippen LogP contribution in [0, 0.1) is 0 Å². The molecule has 144 valence electrons. The molecule has 2 aliphatic heterocycles. The average Bonchev–Trinajstić information content (AvgIpc) is 2.62. The Kier molecular flexibility index (Phi) is 6.26. The van der Waals surface area contributed by atoms with Gasteiger partial charge in [0, 0.05) is 52.0 Å². The van der Waals surface area contributed by atoms with Crippen LogP contribution in [0.2, 0.25) is 0 Å². The molecule has 0 saturated carbocycles. The van der Waals surface area contributed by atoms with Crippen LogP contribution in [0.3, 0.4) is 0 Å². The van der Waals surface area contributed by atoms with E-state index in [1.54, 1.807) is 6.20 Å². The number of hydrogen-bond donors (Lipinski definition) is 1. The van der Waals surface area contributed by atoms with Gasteiger partial charge in [-0.2, -0.15) is 4.98 Å². The zero-order valence-electron chi connectivity index (χ0n) is 16.0. The summed E-state index contributed by atoms with van der Waals surface area (Å²) in [5.41, 5.74) is 0. The summed E-state index contributed by atoms with van der Waals surface area (Å²) in [4.78, 5) is 27.8. The van der Waals surface area contributed by atoms with Gasteiger partial charge in [0.05, 0.1) is 18.8 Å². The van der Waals surface area contributed by atoms with E-state index >= 15 is 0 Å². The Morgan fingerprint density at radius 1 is 1.23 bits per heavy atom. The van der Waals surface area contributed by atoms with Crippen LogP contribution in [0.5, 0.6) is 0 Å². The first-order valence-electron chi connectivity index (χ1n) is 9.52. The number of anilines is 2. The van der Waals surface area contributed by atoms with Gasteiger partial charge in [0.25, 0.3) is 0 Å². The fraction of sp³-hybridized carbons (Fsp3) is 0.722. The van der Waals surface area contributed by atoms with E-state index in [1.165, 1.54) is 0 Å². The lowest BCUT2D eigenvalue weighted by Crippen LogP contribution is -2.54. The van der Waals surface area contributed by atoms with Gasteiger partial charge in [-0.15, -0.1) is 0 Å². The first-order valence-corrected chi connectivity index (χ1v) is 9.52. The molecular weight excluding hydrogens is 332 g/mol. The number of piperazine rings is 1. The van der Waals surface area contributed by atoms with E-state index in [0.717, 1.165) is 38.5 Å². The fourth-order valence-electron chi connectivity index (χ4n) is 3.58. The highest BCUT2D eigenvalue weighted by Crippen LogP contribution is 2.16. The zero-order chi connectivity index (χ0) is 18.5. The number of nitrogens with zero attached hydrogens (tertiary/aromatic N) is 5. The number of carbonyl (C=O) groups is 1. The largest absolute Gasteiger partial charge is 0.372 e. The lowest BCUT2D eigenvalue weighted by atomic mass is 10.2. The molecule has 1 N–H and O–H groups in total.